The molecule has 0 radical (unpaired) electrons. The van der Waals surface area contributed by atoms with Crippen molar-refractivity contribution in [2.75, 3.05) is 11.6 Å². The molecule has 2 aromatic carbocycles. The minimum absolute atomic E-state index is 0.196. The summed E-state index contributed by atoms with van der Waals surface area (Å²) in [7, 11) is -1.54. The van der Waals surface area contributed by atoms with Crippen molar-refractivity contribution >= 4 is 32.5 Å². The summed E-state index contributed by atoms with van der Waals surface area (Å²) < 4.78 is 36.2. The largest absolute Gasteiger partial charge is 0.464 e. The Morgan fingerprint density at radius 1 is 1.14 bits per heavy atom. The van der Waals surface area contributed by atoms with Gasteiger partial charge < -0.3 is 14.5 Å². The van der Waals surface area contributed by atoms with Crippen LogP contribution in [0.15, 0.2) is 70.3 Å². The van der Waals surface area contributed by atoms with Crippen LogP contribution < -0.4 is 10.1 Å². The molecule has 9 heteroatoms. The Balaban J connectivity index is 1.65. The summed E-state index contributed by atoms with van der Waals surface area (Å²) in [5, 5.41) is 7.53. The second-order valence-electron chi connectivity index (χ2n) is 6.48. The van der Waals surface area contributed by atoms with E-state index in [-0.39, 0.29) is 10.8 Å². The smallest absolute Gasteiger partial charge is 0.257 e. The van der Waals surface area contributed by atoms with Crippen molar-refractivity contribution in [2.24, 2.45) is 7.05 Å². The number of fused-ring (bicyclic) bond motifs is 1. The van der Waals surface area contributed by atoms with E-state index in [0.717, 1.165) is 6.26 Å². The first-order valence-corrected chi connectivity index (χ1v) is 10.5. The van der Waals surface area contributed by atoms with Crippen LogP contribution >= 0.6 is 0 Å². The molecule has 0 atom stereocenters. The molecule has 0 spiro atoms. The molecule has 0 aliphatic heterocycles. The number of nitrogens with one attached hydrogen (secondary N) is 1. The summed E-state index contributed by atoms with van der Waals surface area (Å²) in [5.74, 6) is 0.909. The van der Waals surface area contributed by atoms with Gasteiger partial charge in [0.25, 0.3) is 5.91 Å². The van der Waals surface area contributed by atoms with Gasteiger partial charge in [0, 0.05) is 31.1 Å². The van der Waals surface area contributed by atoms with Crippen LogP contribution in [0.3, 0.4) is 0 Å². The van der Waals surface area contributed by atoms with E-state index >= 15 is 0 Å². The molecule has 2 aromatic heterocycles. The Labute approximate surface area is 166 Å². The number of amides is 1. The van der Waals surface area contributed by atoms with E-state index in [2.05, 4.69) is 10.4 Å². The quantitative estimate of drug-likeness (QED) is 0.538. The van der Waals surface area contributed by atoms with Gasteiger partial charge in [-0.05, 0) is 42.5 Å². The zero-order valence-corrected chi connectivity index (χ0v) is 16.4. The zero-order valence-electron chi connectivity index (χ0n) is 15.6. The van der Waals surface area contributed by atoms with E-state index in [4.69, 9.17) is 9.15 Å². The van der Waals surface area contributed by atoms with Gasteiger partial charge in [-0.2, -0.15) is 5.10 Å². The molecule has 1 N–H and O–H groups in total. The van der Waals surface area contributed by atoms with Crippen LogP contribution in [0, 0.1) is 0 Å². The Kier molecular flexibility index (Phi) is 4.59. The number of rotatable bonds is 5. The normalized spacial score (nSPS) is 11.5. The van der Waals surface area contributed by atoms with Crippen molar-refractivity contribution in [3.63, 3.8) is 0 Å². The van der Waals surface area contributed by atoms with E-state index in [1.807, 2.05) is 0 Å². The number of carbonyl (C=O) groups is 1. The van der Waals surface area contributed by atoms with E-state index in [0.29, 0.717) is 33.8 Å². The predicted molar refractivity (Wildman–Crippen MR) is 107 cm³/mol. The molecule has 148 valence electrons. The van der Waals surface area contributed by atoms with Gasteiger partial charge in [-0.3, -0.25) is 9.48 Å². The third kappa shape index (κ3) is 3.99. The lowest BCUT2D eigenvalue weighted by Gasteiger charge is -2.10. The van der Waals surface area contributed by atoms with Gasteiger partial charge in [0.05, 0.1) is 16.5 Å². The first-order valence-electron chi connectivity index (χ1n) is 8.60. The van der Waals surface area contributed by atoms with Gasteiger partial charge in [-0.15, -0.1) is 0 Å². The summed E-state index contributed by atoms with van der Waals surface area (Å²) >= 11 is 0. The number of ether oxygens (including phenoxy) is 1. The van der Waals surface area contributed by atoms with E-state index in [1.165, 1.54) is 18.4 Å². The molecule has 1 amide bonds. The van der Waals surface area contributed by atoms with Crippen molar-refractivity contribution in [3.8, 4) is 11.5 Å². The number of sulfone groups is 1. The molecule has 4 aromatic rings. The van der Waals surface area contributed by atoms with Gasteiger partial charge in [-0.25, -0.2) is 8.42 Å². The molecule has 0 saturated heterocycles. The summed E-state index contributed by atoms with van der Waals surface area (Å²) in [6.45, 7) is 0. The van der Waals surface area contributed by atoms with E-state index in [1.54, 1.807) is 54.3 Å². The lowest BCUT2D eigenvalue weighted by atomic mass is 10.1. The number of hydrogen-bond acceptors (Lipinski definition) is 6. The number of benzene rings is 2. The summed E-state index contributed by atoms with van der Waals surface area (Å²) in [6.07, 6.45) is 4.37. The van der Waals surface area contributed by atoms with Crippen LogP contribution in [0.25, 0.3) is 11.0 Å². The Morgan fingerprint density at radius 2 is 1.90 bits per heavy atom. The van der Waals surface area contributed by atoms with E-state index < -0.39 is 9.84 Å². The highest BCUT2D eigenvalue weighted by molar-refractivity contribution is 7.90. The SMILES string of the molecule is Cn1ccc(NC(=O)c2cc(Oc3ccc(S(C)(=O)=O)cc3)c3ccoc3c2)n1. The van der Waals surface area contributed by atoms with Gasteiger partial charge in [0.1, 0.15) is 17.1 Å². The van der Waals surface area contributed by atoms with Crippen molar-refractivity contribution in [2.45, 2.75) is 4.90 Å². The average molecular weight is 411 g/mol. The highest BCUT2D eigenvalue weighted by atomic mass is 32.2. The molecular formula is C20H17N3O5S. The van der Waals surface area contributed by atoms with E-state index in [9.17, 15) is 13.2 Å². The molecule has 4 rings (SSSR count). The first kappa shape index (κ1) is 18.8. The maximum Gasteiger partial charge on any atom is 0.257 e. The molecule has 2 heterocycles. The highest BCUT2D eigenvalue weighted by Gasteiger charge is 2.15. The van der Waals surface area contributed by atoms with Crippen molar-refractivity contribution in [1.29, 1.82) is 0 Å². The number of nitrogens with zero attached hydrogens (tertiary/aromatic N) is 2. The standard InChI is InChI=1S/C20H17N3O5S/c1-23-9-7-19(22-23)21-20(24)13-11-17-16(8-10-27-17)18(12-13)28-14-3-5-15(6-4-14)29(2,25)26/h3-12H,1-2H3,(H,21,22,24). The Morgan fingerprint density at radius 3 is 2.55 bits per heavy atom. The number of anilines is 1. The number of furan rings is 1. The number of aryl methyl sites for hydroxylation is 1. The molecule has 0 fully saturated rings. The van der Waals surface area contributed by atoms with Crippen molar-refractivity contribution < 1.29 is 22.4 Å². The van der Waals surface area contributed by atoms with Gasteiger partial charge in [-0.1, -0.05) is 0 Å². The predicted octanol–water partition coefficient (Wildman–Crippen LogP) is 3.61. The van der Waals surface area contributed by atoms with Crippen LogP contribution in [0.2, 0.25) is 0 Å². The van der Waals surface area contributed by atoms with Crippen LogP contribution in [0.4, 0.5) is 5.82 Å². The van der Waals surface area contributed by atoms with Crippen molar-refractivity contribution in [3.05, 3.63) is 66.6 Å². The number of carbonyl (C=O) groups excluding carboxylic acids is 1. The summed E-state index contributed by atoms with van der Waals surface area (Å²) in [6, 6.07) is 12.7. The van der Waals surface area contributed by atoms with Crippen LogP contribution in [0.1, 0.15) is 10.4 Å². The summed E-state index contributed by atoms with van der Waals surface area (Å²) in [4.78, 5) is 12.8. The maximum absolute atomic E-state index is 12.6. The number of hydrogen-bond donors (Lipinski definition) is 1. The topological polar surface area (TPSA) is 103 Å². The third-order valence-corrected chi connectivity index (χ3v) is 5.36. The van der Waals surface area contributed by atoms with Gasteiger partial charge >= 0.3 is 0 Å². The molecule has 0 bridgehead atoms. The lowest BCUT2D eigenvalue weighted by molar-refractivity contribution is 0.102. The molecule has 8 nitrogen and oxygen atoms in total. The molecule has 0 aliphatic rings. The van der Waals surface area contributed by atoms with Crippen LogP contribution in [0.5, 0.6) is 11.5 Å². The van der Waals surface area contributed by atoms with Crippen molar-refractivity contribution in [1.82, 2.24) is 9.78 Å². The Hall–Kier alpha value is -3.59. The highest BCUT2D eigenvalue weighted by Crippen LogP contribution is 2.33. The minimum atomic E-state index is -3.30. The first-order chi connectivity index (χ1) is 13.8. The van der Waals surface area contributed by atoms with Gasteiger partial charge in [0.15, 0.2) is 15.7 Å². The maximum atomic E-state index is 12.6. The lowest BCUT2D eigenvalue weighted by Crippen LogP contribution is -2.12. The fourth-order valence-electron chi connectivity index (χ4n) is 2.81. The molecule has 0 saturated carbocycles. The second-order valence-corrected chi connectivity index (χ2v) is 8.50. The molecular weight excluding hydrogens is 394 g/mol. The zero-order chi connectivity index (χ0) is 20.6. The van der Waals surface area contributed by atoms with Gasteiger partial charge in [0.2, 0.25) is 0 Å². The van der Waals surface area contributed by atoms with Crippen LogP contribution in [-0.2, 0) is 16.9 Å². The second kappa shape index (κ2) is 7.10. The number of aromatic nitrogens is 2. The minimum Gasteiger partial charge on any atom is -0.464 e. The molecule has 0 aliphatic carbocycles. The van der Waals surface area contributed by atoms with Crippen LogP contribution in [-0.4, -0.2) is 30.4 Å². The monoisotopic (exact) mass is 411 g/mol. The fraction of sp³-hybridized carbons (Fsp3) is 0.100. The summed E-state index contributed by atoms with van der Waals surface area (Å²) in [5.41, 5.74) is 0.822. The third-order valence-electron chi connectivity index (χ3n) is 4.23. The molecule has 29 heavy (non-hydrogen) atoms. The fourth-order valence-corrected chi connectivity index (χ4v) is 3.44. The average Bonchev–Trinajstić information content (AvgIpc) is 3.30. The Bertz CT molecular complexity index is 1300. The molecule has 0 unspecified atom stereocenters.